The summed E-state index contributed by atoms with van der Waals surface area (Å²) >= 11 is 1.41. The van der Waals surface area contributed by atoms with Crippen molar-refractivity contribution in [3.05, 3.63) is 46.0 Å². The molecule has 22 heavy (non-hydrogen) atoms. The third-order valence-corrected chi connectivity index (χ3v) is 4.08. The van der Waals surface area contributed by atoms with Crippen LogP contribution in [0.3, 0.4) is 0 Å². The van der Waals surface area contributed by atoms with Crippen LogP contribution < -0.4 is 5.32 Å². The molecule has 0 aromatic carbocycles. The van der Waals surface area contributed by atoms with Crippen LogP contribution in [-0.4, -0.2) is 30.3 Å². The van der Waals surface area contributed by atoms with E-state index in [1.165, 1.54) is 11.3 Å². The fraction of sp³-hybridized carbons (Fsp3) is 0.375. The van der Waals surface area contributed by atoms with Gasteiger partial charge in [-0.05, 0) is 36.9 Å². The minimum Gasteiger partial charge on any atom is -0.464 e. The normalized spacial score (nSPS) is 10.5. The Morgan fingerprint density at radius 1 is 1.32 bits per heavy atom. The van der Waals surface area contributed by atoms with Gasteiger partial charge in [-0.1, -0.05) is 6.07 Å². The molecule has 0 aliphatic rings. The molecule has 0 spiro atoms. The van der Waals surface area contributed by atoms with Gasteiger partial charge in [0, 0.05) is 20.0 Å². The summed E-state index contributed by atoms with van der Waals surface area (Å²) in [5.74, 6) is 1.58. The molecule has 0 saturated carbocycles. The first-order valence-electron chi connectivity index (χ1n) is 7.17. The van der Waals surface area contributed by atoms with Gasteiger partial charge in [0.2, 0.25) is 5.91 Å². The van der Waals surface area contributed by atoms with Crippen molar-refractivity contribution in [3.8, 4) is 0 Å². The van der Waals surface area contributed by atoms with Crippen LogP contribution >= 0.6 is 11.3 Å². The average molecular weight is 320 g/mol. The van der Waals surface area contributed by atoms with Crippen molar-refractivity contribution in [2.45, 2.75) is 26.3 Å². The van der Waals surface area contributed by atoms with Gasteiger partial charge in [0.05, 0.1) is 11.4 Å². The summed E-state index contributed by atoms with van der Waals surface area (Å²) in [4.78, 5) is 26.1. The van der Waals surface area contributed by atoms with Crippen molar-refractivity contribution in [2.24, 2.45) is 0 Å². The Morgan fingerprint density at radius 2 is 2.14 bits per heavy atom. The van der Waals surface area contributed by atoms with Crippen LogP contribution in [0.5, 0.6) is 0 Å². The predicted octanol–water partition coefficient (Wildman–Crippen LogP) is 2.82. The van der Waals surface area contributed by atoms with Crippen LogP contribution in [0, 0.1) is 6.92 Å². The Kier molecular flexibility index (Phi) is 5.77. The number of carbonyl (C=O) groups excluding carboxylic acids is 2. The van der Waals surface area contributed by atoms with Crippen LogP contribution in [-0.2, 0) is 11.3 Å². The monoisotopic (exact) mass is 320 g/mol. The highest BCUT2D eigenvalue weighted by Gasteiger charge is 2.11. The highest BCUT2D eigenvalue weighted by atomic mass is 32.1. The van der Waals surface area contributed by atoms with E-state index in [9.17, 15) is 9.59 Å². The highest BCUT2D eigenvalue weighted by molar-refractivity contribution is 7.12. The summed E-state index contributed by atoms with van der Waals surface area (Å²) in [6.07, 6.45) is 1.03. The van der Waals surface area contributed by atoms with Crippen molar-refractivity contribution in [1.29, 1.82) is 0 Å². The van der Waals surface area contributed by atoms with Gasteiger partial charge in [-0.15, -0.1) is 11.3 Å². The van der Waals surface area contributed by atoms with Crippen LogP contribution in [0.25, 0.3) is 0 Å². The lowest BCUT2D eigenvalue weighted by molar-refractivity contribution is -0.130. The maximum Gasteiger partial charge on any atom is 0.261 e. The Morgan fingerprint density at radius 3 is 2.77 bits per heavy atom. The lowest BCUT2D eigenvalue weighted by atomic mass is 10.2. The van der Waals surface area contributed by atoms with Crippen molar-refractivity contribution in [2.75, 3.05) is 13.6 Å². The summed E-state index contributed by atoms with van der Waals surface area (Å²) in [5, 5.41) is 4.68. The molecule has 1 N–H and O–H groups in total. The van der Waals surface area contributed by atoms with E-state index in [2.05, 4.69) is 5.32 Å². The standard InChI is InChI=1S/C16H20N2O3S/c1-12-7-8-13(21-12)11-18(2)15(19)6-3-9-17-16(20)14-5-4-10-22-14/h4-5,7-8,10H,3,6,9,11H2,1-2H3,(H,17,20). The molecule has 2 aromatic heterocycles. The number of aryl methyl sites for hydroxylation is 1. The molecule has 0 atom stereocenters. The minimum absolute atomic E-state index is 0.0411. The molecule has 6 heteroatoms. The van der Waals surface area contributed by atoms with Crippen LogP contribution in [0.1, 0.15) is 34.0 Å². The van der Waals surface area contributed by atoms with Crippen molar-refractivity contribution in [3.63, 3.8) is 0 Å². The van der Waals surface area contributed by atoms with Gasteiger partial charge in [-0.2, -0.15) is 0 Å². The zero-order valence-electron chi connectivity index (χ0n) is 12.8. The van der Waals surface area contributed by atoms with Gasteiger partial charge in [-0.25, -0.2) is 0 Å². The Bertz CT molecular complexity index is 619. The number of hydrogen-bond donors (Lipinski definition) is 1. The number of nitrogens with zero attached hydrogens (tertiary/aromatic N) is 1. The number of rotatable bonds is 7. The summed E-state index contributed by atoms with van der Waals surface area (Å²) < 4.78 is 5.45. The molecule has 2 aromatic rings. The van der Waals surface area contributed by atoms with E-state index in [1.54, 1.807) is 18.0 Å². The van der Waals surface area contributed by atoms with Crippen LogP contribution in [0.15, 0.2) is 34.1 Å². The number of thiophene rings is 1. The van der Waals surface area contributed by atoms with Gasteiger partial charge >= 0.3 is 0 Å². The predicted molar refractivity (Wildman–Crippen MR) is 85.8 cm³/mol. The molecular formula is C16H20N2O3S. The molecule has 2 heterocycles. The van der Waals surface area contributed by atoms with Gasteiger partial charge < -0.3 is 14.6 Å². The fourth-order valence-corrected chi connectivity index (χ4v) is 2.66. The topological polar surface area (TPSA) is 62.6 Å². The molecule has 0 aliphatic heterocycles. The van der Waals surface area contributed by atoms with Crippen molar-refractivity contribution >= 4 is 23.2 Å². The SMILES string of the molecule is Cc1ccc(CN(C)C(=O)CCCNC(=O)c2cccs2)o1. The van der Waals surface area contributed by atoms with E-state index in [1.807, 2.05) is 30.5 Å². The first-order valence-corrected chi connectivity index (χ1v) is 8.05. The maximum absolute atomic E-state index is 12.0. The fourth-order valence-electron chi connectivity index (χ4n) is 2.02. The Hall–Kier alpha value is -2.08. The first kappa shape index (κ1) is 16.3. The molecule has 0 unspecified atom stereocenters. The number of nitrogens with one attached hydrogen (secondary N) is 1. The second-order valence-corrected chi connectivity index (χ2v) is 6.05. The second-order valence-electron chi connectivity index (χ2n) is 5.10. The quantitative estimate of drug-likeness (QED) is 0.798. The molecule has 5 nitrogen and oxygen atoms in total. The summed E-state index contributed by atoms with van der Waals surface area (Å²) in [7, 11) is 1.75. The molecular weight excluding hydrogens is 300 g/mol. The molecule has 2 rings (SSSR count). The van der Waals surface area contributed by atoms with E-state index in [0.29, 0.717) is 30.8 Å². The van der Waals surface area contributed by atoms with Crippen LogP contribution in [0.4, 0.5) is 0 Å². The van der Waals surface area contributed by atoms with Gasteiger partial charge in [0.25, 0.3) is 5.91 Å². The third-order valence-electron chi connectivity index (χ3n) is 3.21. The van der Waals surface area contributed by atoms with Gasteiger partial charge in [-0.3, -0.25) is 9.59 Å². The van der Waals surface area contributed by atoms with Crippen molar-refractivity contribution in [1.82, 2.24) is 10.2 Å². The van der Waals surface area contributed by atoms with E-state index >= 15 is 0 Å². The first-order chi connectivity index (χ1) is 10.6. The lowest BCUT2D eigenvalue weighted by Crippen LogP contribution is -2.28. The number of hydrogen-bond acceptors (Lipinski definition) is 4. The molecule has 0 bridgehead atoms. The summed E-state index contributed by atoms with van der Waals surface area (Å²) in [5.41, 5.74) is 0. The smallest absolute Gasteiger partial charge is 0.261 e. The number of furan rings is 1. The third kappa shape index (κ3) is 4.73. The van der Waals surface area contributed by atoms with E-state index in [-0.39, 0.29) is 11.8 Å². The average Bonchev–Trinajstić information content (AvgIpc) is 3.14. The lowest BCUT2D eigenvalue weighted by Gasteiger charge is -2.15. The Labute approximate surface area is 133 Å². The van der Waals surface area contributed by atoms with Gasteiger partial charge in [0.1, 0.15) is 11.5 Å². The van der Waals surface area contributed by atoms with E-state index in [0.717, 1.165) is 11.5 Å². The molecule has 0 saturated heterocycles. The zero-order chi connectivity index (χ0) is 15.9. The molecule has 0 aliphatic carbocycles. The maximum atomic E-state index is 12.0. The summed E-state index contributed by atoms with van der Waals surface area (Å²) in [6, 6.07) is 7.38. The van der Waals surface area contributed by atoms with E-state index in [4.69, 9.17) is 4.42 Å². The second kappa shape index (κ2) is 7.79. The summed E-state index contributed by atoms with van der Waals surface area (Å²) in [6.45, 7) is 2.84. The molecule has 118 valence electrons. The highest BCUT2D eigenvalue weighted by Crippen LogP contribution is 2.10. The van der Waals surface area contributed by atoms with Crippen LogP contribution in [0.2, 0.25) is 0 Å². The Balaban J connectivity index is 1.65. The minimum atomic E-state index is -0.0816. The van der Waals surface area contributed by atoms with Gasteiger partial charge in [0.15, 0.2) is 0 Å². The zero-order valence-corrected chi connectivity index (χ0v) is 13.6. The van der Waals surface area contributed by atoms with E-state index < -0.39 is 0 Å². The van der Waals surface area contributed by atoms with Crippen molar-refractivity contribution < 1.29 is 14.0 Å². The molecule has 0 radical (unpaired) electrons. The number of amides is 2. The molecule has 0 fully saturated rings. The molecule has 2 amide bonds. The largest absolute Gasteiger partial charge is 0.464 e. The number of carbonyl (C=O) groups is 2.